The first kappa shape index (κ1) is 13.1. The molecular weight excluding hydrogens is 228 g/mol. The summed E-state index contributed by atoms with van der Waals surface area (Å²) in [7, 11) is 0. The smallest absolute Gasteiger partial charge is 0.290 e. The van der Waals surface area contributed by atoms with E-state index in [9.17, 15) is 4.79 Å². The third-order valence-corrected chi connectivity index (χ3v) is 3.49. The molecular formula is C14H22N2O2. The van der Waals surface area contributed by atoms with Gasteiger partial charge in [-0.05, 0) is 38.8 Å². The van der Waals surface area contributed by atoms with Gasteiger partial charge in [-0.3, -0.25) is 4.79 Å². The Labute approximate surface area is 108 Å². The first-order valence-electron chi connectivity index (χ1n) is 6.79. The van der Waals surface area contributed by atoms with Gasteiger partial charge in [0.1, 0.15) is 0 Å². The van der Waals surface area contributed by atoms with Gasteiger partial charge in [-0.15, -0.1) is 0 Å². The molecule has 1 N–H and O–H groups in total. The fraction of sp³-hybridized carbons (Fsp3) is 0.643. The molecule has 1 aromatic heterocycles. The Morgan fingerprint density at radius 2 is 2.44 bits per heavy atom. The van der Waals surface area contributed by atoms with E-state index in [0.29, 0.717) is 11.8 Å². The molecule has 100 valence electrons. The highest BCUT2D eigenvalue weighted by atomic mass is 16.3. The SMILES string of the molecule is CCCN(C(=O)c1occc1C)C1CCCNC1. The molecule has 0 bridgehead atoms. The molecule has 1 atom stereocenters. The number of aryl methyl sites for hydroxylation is 1. The van der Waals surface area contributed by atoms with Crippen LogP contribution in [0.15, 0.2) is 16.7 Å². The molecule has 1 saturated heterocycles. The second kappa shape index (κ2) is 6.05. The summed E-state index contributed by atoms with van der Waals surface area (Å²) >= 11 is 0. The van der Waals surface area contributed by atoms with E-state index in [1.807, 2.05) is 17.9 Å². The number of amides is 1. The number of carbonyl (C=O) groups excluding carboxylic acids is 1. The predicted molar refractivity (Wildman–Crippen MR) is 70.7 cm³/mol. The molecule has 0 radical (unpaired) electrons. The minimum Gasteiger partial charge on any atom is -0.459 e. The van der Waals surface area contributed by atoms with Crippen molar-refractivity contribution in [3.8, 4) is 0 Å². The van der Waals surface area contributed by atoms with Crippen LogP contribution in [0, 0.1) is 6.92 Å². The topological polar surface area (TPSA) is 45.5 Å². The van der Waals surface area contributed by atoms with Crippen molar-refractivity contribution in [1.82, 2.24) is 10.2 Å². The average molecular weight is 250 g/mol. The Morgan fingerprint density at radius 3 is 3.00 bits per heavy atom. The zero-order valence-corrected chi connectivity index (χ0v) is 11.2. The number of carbonyl (C=O) groups is 1. The summed E-state index contributed by atoms with van der Waals surface area (Å²) in [6.45, 7) is 6.77. The van der Waals surface area contributed by atoms with Crippen molar-refractivity contribution < 1.29 is 9.21 Å². The van der Waals surface area contributed by atoms with Crippen LogP contribution in [0.3, 0.4) is 0 Å². The van der Waals surface area contributed by atoms with E-state index in [4.69, 9.17) is 4.42 Å². The molecule has 0 aromatic carbocycles. The highest BCUT2D eigenvalue weighted by molar-refractivity contribution is 5.93. The minimum absolute atomic E-state index is 0.0352. The molecule has 0 spiro atoms. The summed E-state index contributed by atoms with van der Waals surface area (Å²) in [4.78, 5) is 14.5. The number of rotatable bonds is 4. The Hall–Kier alpha value is -1.29. The Kier molecular flexibility index (Phi) is 4.42. The van der Waals surface area contributed by atoms with Gasteiger partial charge in [0.15, 0.2) is 5.76 Å². The third-order valence-electron chi connectivity index (χ3n) is 3.49. The molecule has 1 unspecified atom stereocenters. The van der Waals surface area contributed by atoms with E-state index >= 15 is 0 Å². The maximum Gasteiger partial charge on any atom is 0.290 e. The van der Waals surface area contributed by atoms with Crippen molar-refractivity contribution in [3.63, 3.8) is 0 Å². The van der Waals surface area contributed by atoms with Crippen LogP contribution < -0.4 is 5.32 Å². The minimum atomic E-state index is 0.0352. The monoisotopic (exact) mass is 250 g/mol. The number of nitrogens with one attached hydrogen (secondary N) is 1. The fourth-order valence-electron chi connectivity index (χ4n) is 2.51. The van der Waals surface area contributed by atoms with Gasteiger partial charge in [0.05, 0.1) is 6.26 Å². The van der Waals surface area contributed by atoms with Crippen molar-refractivity contribution in [2.24, 2.45) is 0 Å². The van der Waals surface area contributed by atoms with Crippen molar-refractivity contribution in [1.29, 1.82) is 0 Å². The predicted octanol–water partition coefficient (Wildman–Crippen LogP) is 2.19. The first-order valence-corrected chi connectivity index (χ1v) is 6.79. The van der Waals surface area contributed by atoms with Gasteiger partial charge in [0.2, 0.25) is 0 Å². The van der Waals surface area contributed by atoms with Crippen LogP contribution in [-0.2, 0) is 0 Å². The van der Waals surface area contributed by atoms with Crippen molar-refractivity contribution >= 4 is 5.91 Å². The summed E-state index contributed by atoms with van der Waals surface area (Å²) in [5, 5.41) is 3.36. The van der Waals surface area contributed by atoms with Gasteiger partial charge in [0.25, 0.3) is 5.91 Å². The van der Waals surface area contributed by atoms with E-state index in [0.717, 1.165) is 44.5 Å². The molecule has 4 heteroatoms. The number of hydrogen-bond donors (Lipinski definition) is 1. The molecule has 0 aliphatic carbocycles. The lowest BCUT2D eigenvalue weighted by atomic mass is 10.0. The standard InChI is InChI=1S/C14H22N2O2/c1-3-8-16(12-5-4-7-15-10-12)14(17)13-11(2)6-9-18-13/h6,9,12,15H,3-5,7-8,10H2,1-2H3. The summed E-state index contributed by atoms with van der Waals surface area (Å²) < 4.78 is 5.33. The van der Waals surface area contributed by atoms with E-state index in [1.54, 1.807) is 6.26 Å². The Bertz CT molecular complexity index is 394. The molecule has 1 amide bonds. The second-order valence-electron chi connectivity index (χ2n) is 4.93. The van der Waals surface area contributed by atoms with Crippen molar-refractivity contribution in [3.05, 3.63) is 23.7 Å². The van der Waals surface area contributed by atoms with Crippen LogP contribution in [-0.4, -0.2) is 36.5 Å². The maximum absolute atomic E-state index is 12.5. The Morgan fingerprint density at radius 1 is 1.61 bits per heavy atom. The van der Waals surface area contributed by atoms with Gasteiger partial charge >= 0.3 is 0 Å². The van der Waals surface area contributed by atoms with Gasteiger partial charge in [0, 0.05) is 24.7 Å². The number of nitrogens with zero attached hydrogens (tertiary/aromatic N) is 1. The molecule has 0 saturated carbocycles. The average Bonchev–Trinajstić information content (AvgIpc) is 2.82. The molecule has 1 aromatic rings. The molecule has 1 aliphatic heterocycles. The summed E-state index contributed by atoms with van der Waals surface area (Å²) in [6, 6.07) is 2.15. The number of furan rings is 1. The van der Waals surface area contributed by atoms with Gasteiger partial charge in [-0.1, -0.05) is 6.92 Å². The molecule has 1 fully saturated rings. The van der Waals surface area contributed by atoms with Crippen molar-refractivity contribution in [2.75, 3.05) is 19.6 Å². The third kappa shape index (κ3) is 2.75. The summed E-state index contributed by atoms with van der Waals surface area (Å²) in [5.41, 5.74) is 0.921. The van der Waals surface area contributed by atoms with Crippen LogP contribution >= 0.6 is 0 Å². The normalized spacial score (nSPS) is 19.8. The van der Waals surface area contributed by atoms with E-state index in [2.05, 4.69) is 12.2 Å². The highest BCUT2D eigenvalue weighted by Crippen LogP contribution is 2.17. The van der Waals surface area contributed by atoms with Gasteiger partial charge in [-0.25, -0.2) is 0 Å². The molecule has 2 heterocycles. The molecule has 1 aliphatic rings. The first-order chi connectivity index (χ1) is 8.74. The highest BCUT2D eigenvalue weighted by Gasteiger charge is 2.27. The van der Waals surface area contributed by atoms with Crippen LogP contribution in [0.1, 0.15) is 42.3 Å². The maximum atomic E-state index is 12.5. The van der Waals surface area contributed by atoms with Crippen molar-refractivity contribution in [2.45, 2.75) is 39.2 Å². The lowest BCUT2D eigenvalue weighted by molar-refractivity contribution is 0.0615. The van der Waals surface area contributed by atoms with Crippen LogP contribution in [0.2, 0.25) is 0 Å². The largest absolute Gasteiger partial charge is 0.459 e. The zero-order chi connectivity index (χ0) is 13.0. The van der Waals surface area contributed by atoms with E-state index in [-0.39, 0.29) is 5.91 Å². The summed E-state index contributed by atoms with van der Waals surface area (Å²) in [6.07, 6.45) is 4.78. The number of piperidine rings is 1. The van der Waals surface area contributed by atoms with Crippen LogP contribution in [0.25, 0.3) is 0 Å². The Balaban J connectivity index is 2.13. The quantitative estimate of drug-likeness (QED) is 0.891. The molecule has 18 heavy (non-hydrogen) atoms. The lowest BCUT2D eigenvalue weighted by Gasteiger charge is -2.34. The van der Waals surface area contributed by atoms with Gasteiger partial charge < -0.3 is 14.6 Å². The van der Waals surface area contributed by atoms with E-state index < -0.39 is 0 Å². The van der Waals surface area contributed by atoms with E-state index in [1.165, 1.54) is 0 Å². The van der Waals surface area contributed by atoms with Crippen LogP contribution in [0.4, 0.5) is 0 Å². The summed E-state index contributed by atoms with van der Waals surface area (Å²) in [5.74, 6) is 0.530. The molecule has 4 nitrogen and oxygen atoms in total. The lowest BCUT2D eigenvalue weighted by Crippen LogP contribution is -2.49. The molecule has 2 rings (SSSR count). The fourth-order valence-corrected chi connectivity index (χ4v) is 2.51. The zero-order valence-electron chi connectivity index (χ0n) is 11.2. The second-order valence-corrected chi connectivity index (χ2v) is 4.93. The number of hydrogen-bond acceptors (Lipinski definition) is 3. The van der Waals surface area contributed by atoms with Gasteiger partial charge in [-0.2, -0.15) is 0 Å². The van der Waals surface area contributed by atoms with Crippen LogP contribution in [0.5, 0.6) is 0 Å².